The maximum atomic E-state index is 12.0. The van der Waals surface area contributed by atoms with E-state index in [1.807, 2.05) is 12.1 Å². The van der Waals surface area contributed by atoms with E-state index in [9.17, 15) is 15.0 Å². The van der Waals surface area contributed by atoms with Gasteiger partial charge in [0.15, 0.2) is 5.75 Å². The Kier molecular flexibility index (Phi) is 10.0. The zero-order valence-electron chi connectivity index (χ0n) is 16.4. The summed E-state index contributed by atoms with van der Waals surface area (Å²) in [4.78, 5) is 12.0. The molecular weight excluding hydrogens is 842 g/mol. The molecule has 0 saturated heterocycles. The van der Waals surface area contributed by atoms with Gasteiger partial charge in [0.05, 0.1) is 26.9 Å². The van der Waals surface area contributed by atoms with Gasteiger partial charge in [-0.1, -0.05) is 0 Å². The summed E-state index contributed by atoms with van der Waals surface area (Å²) in [5.74, 6) is 1.61. The largest absolute Gasteiger partial charge is 0.506 e. The molecule has 0 bridgehead atoms. The number of aliphatic hydroxyl groups excluding tert-OH is 1. The number of nitrogens with one attached hydrogen (secondary N) is 1. The van der Waals surface area contributed by atoms with E-state index in [4.69, 9.17) is 9.47 Å². The molecule has 164 valence electrons. The first kappa shape index (κ1) is 26.4. The fourth-order valence-corrected chi connectivity index (χ4v) is 6.30. The minimum absolute atomic E-state index is 0.199. The molecule has 1 unspecified atom stereocenters. The van der Waals surface area contributed by atoms with Crippen LogP contribution in [0.5, 0.6) is 17.2 Å². The number of carbonyl (C=O) groups is 1. The molecule has 2 rings (SSSR count). The minimum Gasteiger partial charge on any atom is -0.506 e. The number of hydrogen-bond acceptors (Lipinski definition) is 5. The minimum atomic E-state index is -0.600. The van der Waals surface area contributed by atoms with Crippen molar-refractivity contribution >= 4 is 96.5 Å². The lowest BCUT2D eigenvalue weighted by Crippen LogP contribution is -2.42. The molecule has 0 heterocycles. The van der Waals surface area contributed by atoms with Crippen molar-refractivity contribution in [3.63, 3.8) is 0 Å². The second-order valence-electron chi connectivity index (χ2n) is 7.46. The van der Waals surface area contributed by atoms with E-state index in [0.717, 1.165) is 25.6 Å². The van der Waals surface area contributed by atoms with Crippen LogP contribution in [0.25, 0.3) is 0 Å². The molecule has 0 radical (unpaired) electrons. The average Bonchev–Trinajstić information content (AvgIpc) is 2.60. The molecular formula is C20H21I4NO5. The number of aromatic hydroxyl groups is 1. The van der Waals surface area contributed by atoms with Gasteiger partial charge < -0.3 is 25.0 Å². The van der Waals surface area contributed by atoms with Crippen LogP contribution in [0.3, 0.4) is 0 Å². The summed E-state index contributed by atoms with van der Waals surface area (Å²) in [7, 11) is 0. The van der Waals surface area contributed by atoms with Crippen molar-refractivity contribution in [2.24, 2.45) is 0 Å². The first-order chi connectivity index (χ1) is 13.9. The zero-order chi connectivity index (χ0) is 22.6. The van der Waals surface area contributed by atoms with Crippen LogP contribution in [-0.2, 0) is 11.2 Å². The molecule has 0 aliphatic carbocycles. The predicted molar refractivity (Wildman–Crippen MR) is 149 cm³/mol. The Hall–Kier alpha value is 0.190. The molecule has 6 nitrogen and oxygen atoms in total. The summed E-state index contributed by atoms with van der Waals surface area (Å²) in [5.41, 5.74) is 0.360. The quantitative estimate of drug-likeness (QED) is 0.309. The number of aliphatic hydroxyl groups is 1. The molecule has 0 saturated carbocycles. The molecule has 2 aromatic carbocycles. The SMILES string of the molecule is CC(C)(C)OC(=O)NC(CO)Cc1cc(I)c(Oc2cc(I)c(O)c(I)c2)c(I)c1. The number of rotatable bonds is 6. The monoisotopic (exact) mass is 863 g/mol. The summed E-state index contributed by atoms with van der Waals surface area (Å²) in [6, 6.07) is 7.04. The lowest BCUT2D eigenvalue weighted by Gasteiger charge is -2.23. The molecule has 0 aliphatic heterocycles. The van der Waals surface area contributed by atoms with Crippen molar-refractivity contribution in [2.75, 3.05) is 6.61 Å². The van der Waals surface area contributed by atoms with Gasteiger partial charge >= 0.3 is 6.09 Å². The number of carbonyl (C=O) groups excluding carboxylic acids is 1. The number of hydrogen-bond donors (Lipinski definition) is 3. The van der Waals surface area contributed by atoms with Gasteiger partial charge in [-0.05, 0) is 147 Å². The topological polar surface area (TPSA) is 88.0 Å². The zero-order valence-corrected chi connectivity index (χ0v) is 25.1. The van der Waals surface area contributed by atoms with E-state index in [0.29, 0.717) is 12.2 Å². The van der Waals surface area contributed by atoms with Crippen molar-refractivity contribution in [1.29, 1.82) is 0 Å². The Labute approximate surface area is 230 Å². The summed E-state index contributed by atoms with van der Waals surface area (Å²) >= 11 is 8.55. The number of alkyl carbamates (subject to hydrolysis) is 1. The normalized spacial score (nSPS) is 12.4. The second-order valence-corrected chi connectivity index (χ2v) is 12.1. The van der Waals surface area contributed by atoms with Crippen LogP contribution >= 0.6 is 90.4 Å². The molecule has 0 fully saturated rings. The highest BCUT2D eigenvalue weighted by molar-refractivity contribution is 14.1. The lowest BCUT2D eigenvalue weighted by molar-refractivity contribution is 0.0483. The van der Waals surface area contributed by atoms with Gasteiger partial charge in [0.25, 0.3) is 0 Å². The number of phenols is 1. The van der Waals surface area contributed by atoms with Gasteiger partial charge in [-0.25, -0.2) is 4.79 Å². The second kappa shape index (κ2) is 11.4. The third-order valence-electron chi connectivity index (χ3n) is 3.69. The molecule has 2 aromatic rings. The van der Waals surface area contributed by atoms with E-state index < -0.39 is 17.7 Å². The Morgan fingerprint density at radius 2 is 1.57 bits per heavy atom. The Morgan fingerprint density at radius 3 is 2.03 bits per heavy atom. The molecule has 3 N–H and O–H groups in total. The van der Waals surface area contributed by atoms with Gasteiger partial charge in [-0.15, -0.1) is 0 Å². The van der Waals surface area contributed by atoms with E-state index in [2.05, 4.69) is 95.7 Å². The van der Waals surface area contributed by atoms with Crippen LogP contribution in [0.4, 0.5) is 4.79 Å². The number of benzene rings is 2. The molecule has 0 spiro atoms. The first-order valence-corrected chi connectivity index (χ1v) is 13.1. The van der Waals surface area contributed by atoms with E-state index in [-0.39, 0.29) is 12.4 Å². The van der Waals surface area contributed by atoms with Gasteiger partial charge in [-0.3, -0.25) is 0 Å². The van der Waals surface area contributed by atoms with E-state index >= 15 is 0 Å². The molecule has 0 aromatic heterocycles. The van der Waals surface area contributed by atoms with Crippen molar-refractivity contribution in [2.45, 2.75) is 38.8 Å². The molecule has 0 aliphatic rings. The smallest absolute Gasteiger partial charge is 0.407 e. The van der Waals surface area contributed by atoms with Crippen molar-refractivity contribution in [1.82, 2.24) is 5.32 Å². The molecule has 1 atom stereocenters. The average molecular weight is 863 g/mol. The van der Waals surface area contributed by atoms with Crippen molar-refractivity contribution < 1.29 is 24.5 Å². The fourth-order valence-electron chi connectivity index (χ4n) is 2.47. The van der Waals surface area contributed by atoms with Crippen LogP contribution in [0.2, 0.25) is 0 Å². The maximum absolute atomic E-state index is 12.0. The maximum Gasteiger partial charge on any atom is 0.407 e. The molecule has 1 amide bonds. The Morgan fingerprint density at radius 1 is 1.03 bits per heavy atom. The number of ether oxygens (including phenoxy) is 2. The highest BCUT2D eigenvalue weighted by Gasteiger charge is 2.20. The summed E-state index contributed by atoms with van der Waals surface area (Å²) < 4.78 is 14.6. The van der Waals surface area contributed by atoms with Gasteiger partial charge in [0.2, 0.25) is 0 Å². The summed E-state index contributed by atoms with van der Waals surface area (Å²) in [6.45, 7) is 5.18. The van der Waals surface area contributed by atoms with Crippen LogP contribution < -0.4 is 10.1 Å². The third-order valence-corrected chi connectivity index (χ3v) is 6.94. The highest BCUT2D eigenvalue weighted by atomic mass is 127. The van der Waals surface area contributed by atoms with Crippen LogP contribution in [0.15, 0.2) is 24.3 Å². The molecule has 10 heteroatoms. The van der Waals surface area contributed by atoms with Crippen LogP contribution in [0, 0.1) is 14.3 Å². The number of phenolic OH excluding ortho intramolecular Hbond substituents is 1. The standard InChI is InChI=1S/C20H21I4NO5/c1-20(2,3)30-19(28)25-11(9-26)4-10-5-15(23)18(16(24)6-10)29-12-7-13(21)17(27)14(22)8-12/h5-8,11,26-27H,4,9H2,1-3H3,(H,25,28). The van der Waals surface area contributed by atoms with Crippen LogP contribution in [0.1, 0.15) is 26.3 Å². The predicted octanol–water partition coefficient (Wildman–Crippen LogP) is 6.03. The van der Waals surface area contributed by atoms with Gasteiger partial charge in [-0.2, -0.15) is 0 Å². The Bertz CT molecular complexity index is 884. The highest BCUT2D eigenvalue weighted by Crippen LogP contribution is 2.37. The summed E-state index contributed by atoms with van der Waals surface area (Å²) in [5, 5.41) is 22.3. The van der Waals surface area contributed by atoms with Gasteiger partial charge in [0, 0.05) is 0 Å². The van der Waals surface area contributed by atoms with Crippen molar-refractivity contribution in [3.05, 3.63) is 44.1 Å². The first-order valence-electron chi connectivity index (χ1n) is 8.83. The number of amides is 1. The van der Waals surface area contributed by atoms with Crippen molar-refractivity contribution in [3.8, 4) is 17.2 Å². The lowest BCUT2D eigenvalue weighted by atomic mass is 10.1. The van der Waals surface area contributed by atoms with E-state index in [1.165, 1.54) is 0 Å². The third kappa shape index (κ3) is 7.95. The van der Waals surface area contributed by atoms with E-state index in [1.54, 1.807) is 32.9 Å². The Balaban J connectivity index is 2.16. The molecule has 30 heavy (non-hydrogen) atoms. The fraction of sp³-hybridized carbons (Fsp3) is 0.350. The van der Waals surface area contributed by atoms with Crippen LogP contribution in [-0.4, -0.2) is 34.6 Å². The van der Waals surface area contributed by atoms with Gasteiger partial charge in [0.1, 0.15) is 17.1 Å². The summed E-state index contributed by atoms with van der Waals surface area (Å²) in [6.07, 6.45) is -0.0979. The number of halogens is 4.